The van der Waals surface area contributed by atoms with Gasteiger partial charge < -0.3 is 40.2 Å². The molecule has 0 aliphatic carbocycles. The van der Waals surface area contributed by atoms with Crippen molar-refractivity contribution < 1.29 is 119 Å². The molecule has 4 N–H and O–H groups in total. The quantitative estimate of drug-likeness (QED) is 0.276. The number of hydrogen-bond acceptors (Lipinski definition) is 8. The van der Waals surface area contributed by atoms with Crippen LogP contribution in [0.1, 0.15) is 41.5 Å². The molecule has 0 aliphatic heterocycles. The maximum absolute atomic E-state index is 9.00. The van der Waals surface area contributed by atoms with Crippen LogP contribution < -0.4 is 69.3 Å². The molecule has 14 heteroatoms. The van der Waals surface area contributed by atoms with Gasteiger partial charge in [-0.1, -0.05) is 0 Å². The van der Waals surface area contributed by atoms with Crippen LogP contribution in [-0.2, 0) is 28.8 Å². The molecule has 0 aromatic heterocycles. The smallest absolute Gasteiger partial charge is 0.550 e. The van der Waals surface area contributed by atoms with Crippen molar-refractivity contribution in [2.75, 3.05) is 0 Å². The van der Waals surface area contributed by atoms with E-state index < -0.39 is 35.8 Å². The molecule has 0 saturated heterocycles. The third-order valence-electron chi connectivity index (χ3n) is 0. The van der Waals surface area contributed by atoms with Crippen molar-refractivity contribution in [3.63, 3.8) is 0 Å². The monoisotopic (exact) mass is 404 g/mol. The van der Waals surface area contributed by atoms with Gasteiger partial charge in [-0.05, 0) is 13.8 Å². The first-order chi connectivity index (χ1) is 10.4. The molecular weight excluding hydrogens is 382 g/mol. The van der Waals surface area contributed by atoms with E-state index in [1.165, 1.54) is 0 Å². The third-order valence-corrected chi connectivity index (χ3v) is 0. The Kier molecular flexibility index (Phi) is 83.9. The Bertz CT molecular complexity index is 265. The summed E-state index contributed by atoms with van der Waals surface area (Å²) in [7, 11) is 0. The van der Waals surface area contributed by atoms with Crippen LogP contribution in [0.2, 0.25) is 0 Å². The van der Waals surface area contributed by atoms with E-state index in [0.717, 1.165) is 41.5 Å². The number of aliphatic carboxylic acids is 6. The summed E-state index contributed by atoms with van der Waals surface area (Å²) < 4.78 is 0. The summed E-state index contributed by atoms with van der Waals surface area (Å²) in [6.45, 7) is 6.28. The van der Waals surface area contributed by atoms with Gasteiger partial charge in [-0.25, -0.2) is 0 Å². The fourth-order valence-corrected chi connectivity index (χ4v) is 0. The number of carboxylic acid groups (broad SMARTS) is 6. The largest absolute Gasteiger partial charge is 1.00 e. The predicted molar refractivity (Wildman–Crippen MR) is 74.6 cm³/mol. The molecule has 0 aromatic rings. The fraction of sp³-hybridized carbons (Fsp3) is 0.500. The van der Waals surface area contributed by atoms with Crippen molar-refractivity contribution in [2.24, 2.45) is 0 Å². The van der Waals surface area contributed by atoms with E-state index in [9.17, 15) is 0 Å². The first-order valence-electron chi connectivity index (χ1n) is 5.53. The zero-order valence-electron chi connectivity index (χ0n) is 16.1. The van der Waals surface area contributed by atoms with Crippen LogP contribution in [0.15, 0.2) is 0 Å². The molecule has 0 aliphatic rings. The van der Waals surface area contributed by atoms with Crippen molar-refractivity contribution in [2.45, 2.75) is 41.5 Å². The zero-order valence-corrected chi connectivity index (χ0v) is 20.1. The Morgan fingerprint density at radius 2 is 0.462 bits per heavy atom. The molecule has 144 valence electrons. The molecule has 0 fully saturated rings. The molecular formula is C12H22Na2O12. The maximum atomic E-state index is 9.00. The summed E-state index contributed by atoms with van der Waals surface area (Å²) in [6, 6.07) is 0. The van der Waals surface area contributed by atoms with Gasteiger partial charge >= 0.3 is 59.1 Å². The predicted octanol–water partition coefficient (Wildman–Crippen LogP) is -8.12. The molecule has 0 atom stereocenters. The van der Waals surface area contributed by atoms with E-state index in [4.69, 9.17) is 59.4 Å². The van der Waals surface area contributed by atoms with Gasteiger partial charge in [0.05, 0.1) is 0 Å². The van der Waals surface area contributed by atoms with Crippen molar-refractivity contribution in [3.05, 3.63) is 0 Å². The Balaban J connectivity index is -0.0000000245. The average molecular weight is 404 g/mol. The Hall–Kier alpha value is -1.18. The molecule has 0 unspecified atom stereocenters. The van der Waals surface area contributed by atoms with Gasteiger partial charge in [0.15, 0.2) is 0 Å². The van der Waals surface area contributed by atoms with E-state index in [0.29, 0.717) is 0 Å². The van der Waals surface area contributed by atoms with Crippen LogP contribution in [0.3, 0.4) is 0 Å². The topological polar surface area (TPSA) is 229 Å². The van der Waals surface area contributed by atoms with Gasteiger partial charge in [-0.3, -0.25) is 19.2 Å². The average Bonchev–Trinajstić information content (AvgIpc) is 2.08. The number of carboxylic acids is 6. The van der Waals surface area contributed by atoms with Crippen molar-refractivity contribution in [1.29, 1.82) is 0 Å². The molecule has 0 radical (unpaired) electrons. The molecule has 0 bridgehead atoms. The normalized spacial score (nSPS) is 5.77. The van der Waals surface area contributed by atoms with E-state index in [-0.39, 0.29) is 59.1 Å². The number of carbonyl (C=O) groups is 6. The minimum Gasteiger partial charge on any atom is -0.550 e. The van der Waals surface area contributed by atoms with Crippen molar-refractivity contribution in [3.8, 4) is 0 Å². The molecule has 0 rings (SSSR count). The van der Waals surface area contributed by atoms with E-state index in [1.54, 1.807) is 0 Å². The second-order valence-electron chi connectivity index (χ2n) is 3.06. The van der Waals surface area contributed by atoms with Gasteiger partial charge in [-0.15, -0.1) is 0 Å². The molecule has 0 saturated carbocycles. The first-order valence-corrected chi connectivity index (χ1v) is 5.53. The maximum Gasteiger partial charge on any atom is 1.00 e. The molecule has 0 spiro atoms. The minimum atomic E-state index is -1.08. The van der Waals surface area contributed by atoms with Gasteiger partial charge in [-0.2, -0.15) is 0 Å². The van der Waals surface area contributed by atoms with Crippen LogP contribution in [0.4, 0.5) is 0 Å². The van der Waals surface area contributed by atoms with Crippen LogP contribution in [0.5, 0.6) is 0 Å². The molecule has 26 heavy (non-hydrogen) atoms. The summed E-state index contributed by atoms with van der Waals surface area (Å²) >= 11 is 0. The van der Waals surface area contributed by atoms with Gasteiger partial charge in [0, 0.05) is 39.6 Å². The minimum absolute atomic E-state index is 0. The van der Waals surface area contributed by atoms with Crippen molar-refractivity contribution in [1.82, 2.24) is 0 Å². The number of carbonyl (C=O) groups excluding carboxylic acids is 2. The summed E-state index contributed by atoms with van der Waals surface area (Å²) in [5, 5.41) is 47.4. The molecule has 0 amide bonds. The Morgan fingerprint density at radius 3 is 0.462 bits per heavy atom. The van der Waals surface area contributed by atoms with E-state index >= 15 is 0 Å². The van der Waals surface area contributed by atoms with E-state index in [2.05, 4.69) is 0 Å². The number of hydrogen-bond donors (Lipinski definition) is 4. The Labute approximate surface area is 194 Å². The number of rotatable bonds is 0. The zero-order chi connectivity index (χ0) is 21.5. The second-order valence-corrected chi connectivity index (χ2v) is 3.06. The van der Waals surface area contributed by atoms with Gasteiger partial charge in [0.2, 0.25) is 0 Å². The SMILES string of the molecule is CC(=O)O.CC(=O)O.CC(=O)O.CC(=O)O.CC(=O)[O-].CC(=O)[O-].[Na+].[Na+]. The van der Waals surface area contributed by atoms with Crippen LogP contribution in [0, 0.1) is 0 Å². The van der Waals surface area contributed by atoms with Gasteiger partial charge in [0.1, 0.15) is 0 Å². The first kappa shape index (κ1) is 49.8. The Morgan fingerprint density at radius 1 is 0.462 bits per heavy atom. The summed E-state index contributed by atoms with van der Waals surface area (Å²) in [4.78, 5) is 53.8. The van der Waals surface area contributed by atoms with Gasteiger partial charge in [0.25, 0.3) is 23.9 Å². The van der Waals surface area contributed by atoms with E-state index in [1.807, 2.05) is 0 Å². The second kappa shape index (κ2) is 43.8. The molecule has 12 nitrogen and oxygen atoms in total. The third kappa shape index (κ3) is 7800. The fourth-order valence-electron chi connectivity index (χ4n) is 0. The molecule has 0 aromatic carbocycles. The summed E-state index contributed by atoms with van der Waals surface area (Å²) in [6.07, 6.45) is 0. The van der Waals surface area contributed by atoms with Crippen LogP contribution in [0.25, 0.3) is 0 Å². The van der Waals surface area contributed by atoms with Crippen LogP contribution in [-0.4, -0.2) is 56.2 Å². The van der Waals surface area contributed by atoms with Crippen LogP contribution >= 0.6 is 0 Å². The summed E-state index contributed by atoms with van der Waals surface area (Å²) in [5.41, 5.74) is 0. The standard InChI is InChI=1S/6C2H4O2.2Na/c6*1-2(3)4;;/h6*1H3,(H,3,4);;/q;;;;;;2*+1/p-2. The molecule has 0 heterocycles. The summed E-state index contributed by atoms with van der Waals surface area (Å²) in [5.74, 6) is -5.50. The van der Waals surface area contributed by atoms with Crippen molar-refractivity contribution >= 4 is 35.8 Å².